The standard InChI is InChI=1S/C16H20N2O2/c1-10(2)14-16(19)18-9-12-7-5-4-6-11(12)8-13(18)15(17-14)20-3/h4-7,10,13-14H,8-9H2,1-3H3/t13-,14-/m0/s1. The van der Waals surface area contributed by atoms with Crippen molar-refractivity contribution in [2.24, 2.45) is 10.9 Å². The van der Waals surface area contributed by atoms with Gasteiger partial charge in [-0.25, -0.2) is 4.99 Å². The molecule has 106 valence electrons. The number of methoxy groups -OCH3 is 1. The Morgan fingerprint density at radius 3 is 2.65 bits per heavy atom. The van der Waals surface area contributed by atoms with Crippen molar-refractivity contribution in [1.82, 2.24) is 4.90 Å². The van der Waals surface area contributed by atoms with Crippen LogP contribution in [0.5, 0.6) is 0 Å². The van der Waals surface area contributed by atoms with Crippen molar-refractivity contribution < 1.29 is 9.53 Å². The van der Waals surface area contributed by atoms with Gasteiger partial charge in [0, 0.05) is 13.0 Å². The molecule has 3 rings (SSSR count). The third-order valence-corrected chi connectivity index (χ3v) is 4.18. The van der Waals surface area contributed by atoms with Crippen LogP contribution in [0.4, 0.5) is 0 Å². The first kappa shape index (κ1) is 13.2. The fourth-order valence-electron chi connectivity index (χ4n) is 3.05. The van der Waals surface area contributed by atoms with Gasteiger partial charge in [0.15, 0.2) is 0 Å². The predicted octanol–water partition coefficient (Wildman–Crippen LogP) is 2.02. The van der Waals surface area contributed by atoms with E-state index in [0.717, 1.165) is 6.42 Å². The Kier molecular flexibility index (Phi) is 3.24. The summed E-state index contributed by atoms with van der Waals surface area (Å²) in [6, 6.07) is 7.93. The summed E-state index contributed by atoms with van der Waals surface area (Å²) in [5.74, 6) is 1.00. The summed E-state index contributed by atoms with van der Waals surface area (Å²) in [5, 5.41) is 0. The first-order valence-electron chi connectivity index (χ1n) is 7.10. The number of carbonyl (C=O) groups excluding carboxylic acids is 1. The predicted molar refractivity (Wildman–Crippen MR) is 77.6 cm³/mol. The molecule has 2 atom stereocenters. The number of benzene rings is 1. The van der Waals surface area contributed by atoms with Gasteiger partial charge in [0.25, 0.3) is 0 Å². The zero-order valence-electron chi connectivity index (χ0n) is 12.2. The van der Waals surface area contributed by atoms with Gasteiger partial charge in [0.05, 0.1) is 7.11 Å². The van der Waals surface area contributed by atoms with Crippen LogP contribution >= 0.6 is 0 Å². The van der Waals surface area contributed by atoms with Crippen LogP contribution in [0.15, 0.2) is 29.3 Å². The van der Waals surface area contributed by atoms with Crippen molar-refractivity contribution in [2.75, 3.05) is 7.11 Å². The molecule has 20 heavy (non-hydrogen) atoms. The van der Waals surface area contributed by atoms with Crippen molar-refractivity contribution in [3.8, 4) is 0 Å². The summed E-state index contributed by atoms with van der Waals surface area (Å²) < 4.78 is 5.46. The summed E-state index contributed by atoms with van der Waals surface area (Å²) in [4.78, 5) is 19.1. The number of fused-ring (bicyclic) bond motifs is 2. The molecule has 0 N–H and O–H groups in total. The topological polar surface area (TPSA) is 41.9 Å². The van der Waals surface area contributed by atoms with Gasteiger partial charge in [0.1, 0.15) is 12.1 Å². The van der Waals surface area contributed by atoms with Crippen LogP contribution in [0.1, 0.15) is 25.0 Å². The van der Waals surface area contributed by atoms with Gasteiger partial charge in [-0.05, 0) is 17.0 Å². The molecule has 0 saturated heterocycles. The minimum absolute atomic E-state index is 0.0441. The van der Waals surface area contributed by atoms with E-state index >= 15 is 0 Å². The molecule has 4 heteroatoms. The van der Waals surface area contributed by atoms with E-state index in [1.165, 1.54) is 11.1 Å². The Morgan fingerprint density at radius 1 is 1.30 bits per heavy atom. The van der Waals surface area contributed by atoms with Crippen molar-refractivity contribution in [2.45, 2.75) is 38.9 Å². The minimum atomic E-state index is -0.313. The molecule has 0 saturated carbocycles. The van der Waals surface area contributed by atoms with Gasteiger partial charge in [-0.1, -0.05) is 38.1 Å². The minimum Gasteiger partial charge on any atom is -0.483 e. The average Bonchev–Trinajstić information content (AvgIpc) is 2.46. The van der Waals surface area contributed by atoms with Gasteiger partial charge >= 0.3 is 0 Å². The van der Waals surface area contributed by atoms with Gasteiger partial charge in [-0.3, -0.25) is 4.79 Å². The van der Waals surface area contributed by atoms with E-state index in [0.29, 0.717) is 12.4 Å². The first-order valence-corrected chi connectivity index (χ1v) is 7.10. The van der Waals surface area contributed by atoms with Crippen molar-refractivity contribution >= 4 is 11.8 Å². The summed E-state index contributed by atoms with van der Waals surface area (Å²) in [6.07, 6.45) is 0.791. The maximum Gasteiger partial charge on any atom is 0.248 e. The van der Waals surface area contributed by atoms with Crippen molar-refractivity contribution in [3.63, 3.8) is 0 Å². The highest BCUT2D eigenvalue weighted by atomic mass is 16.5. The van der Waals surface area contributed by atoms with E-state index in [9.17, 15) is 4.79 Å². The molecule has 0 aromatic heterocycles. The Labute approximate surface area is 119 Å². The van der Waals surface area contributed by atoms with Crippen LogP contribution in [-0.4, -0.2) is 35.9 Å². The SMILES string of the molecule is COC1=N[C@@H](C(C)C)C(=O)N2Cc3ccccc3C[C@@H]12. The van der Waals surface area contributed by atoms with Crippen molar-refractivity contribution in [1.29, 1.82) is 0 Å². The molecular weight excluding hydrogens is 252 g/mol. The van der Waals surface area contributed by atoms with Gasteiger partial charge in [-0.2, -0.15) is 0 Å². The largest absolute Gasteiger partial charge is 0.483 e. The first-order chi connectivity index (χ1) is 9.61. The van der Waals surface area contributed by atoms with Crippen LogP contribution in [-0.2, 0) is 22.5 Å². The number of rotatable bonds is 1. The Hall–Kier alpha value is -1.84. The van der Waals surface area contributed by atoms with Gasteiger partial charge < -0.3 is 9.64 Å². The van der Waals surface area contributed by atoms with Crippen LogP contribution < -0.4 is 0 Å². The molecule has 0 radical (unpaired) electrons. The molecule has 2 aliphatic rings. The smallest absolute Gasteiger partial charge is 0.248 e. The lowest BCUT2D eigenvalue weighted by Gasteiger charge is -2.41. The number of ether oxygens (including phenoxy) is 1. The quantitative estimate of drug-likeness (QED) is 0.785. The second-order valence-corrected chi connectivity index (χ2v) is 5.82. The zero-order valence-corrected chi connectivity index (χ0v) is 12.2. The van der Waals surface area contributed by atoms with Crippen LogP contribution in [0.3, 0.4) is 0 Å². The second-order valence-electron chi connectivity index (χ2n) is 5.82. The van der Waals surface area contributed by atoms with E-state index in [4.69, 9.17) is 4.74 Å². The summed E-state index contributed by atoms with van der Waals surface area (Å²) in [6.45, 7) is 4.71. The third-order valence-electron chi connectivity index (χ3n) is 4.18. The number of amides is 1. The van der Waals surface area contributed by atoms with E-state index in [2.05, 4.69) is 17.1 Å². The van der Waals surface area contributed by atoms with Crippen molar-refractivity contribution in [3.05, 3.63) is 35.4 Å². The fourth-order valence-corrected chi connectivity index (χ4v) is 3.05. The monoisotopic (exact) mass is 272 g/mol. The van der Waals surface area contributed by atoms with E-state index < -0.39 is 0 Å². The molecule has 1 aromatic carbocycles. The average molecular weight is 272 g/mol. The Bertz CT molecular complexity index is 565. The molecule has 0 bridgehead atoms. The van der Waals surface area contributed by atoms with Gasteiger partial charge in [0.2, 0.25) is 11.8 Å². The molecule has 1 amide bonds. The number of hydrogen-bond donors (Lipinski definition) is 0. The van der Waals surface area contributed by atoms with Crippen LogP contribution in [0.25, 0.3) is 0 Å². The van der Waals surface area contributed by atoms with Crippen LogP contribution in [0, 0.1) is 5.92 Å². The highest BCUT2D eigenvalue weighted by Gasteiger charge is 2.42. The van der Waals surface area contributed by atoms with E-state index in [-0.39, 0.29) is 23.9 Å². The number of hydrogen-bond acceptors (Lipinski definition) is 3. The Balaban J connectivity index is 2.01. The molecule has 0 spiro atoms. The number of aliphatic imine (C=N–C) groups is 1. The summed E-state index contributed by atoms with van der Waals surface area (Å²) >= 11 is 0. The third kappa shape index (κ3) is 1.99. The Morgan fingerprint density at radius 2 is 2.00 bits per heavy atom. The molecule has 4 nitrogen and oxygen atoms in total. The highest BCUT2D eigenvalue weighted by molar-refractivity contribution is 5.96. The zero-order chi connectivity index (χ0) is 14.3. The maximum absolute atomic E-state index is 12.6. The maximum atomic E-state index is 12.6. The van der Waals surface area contributed by atoms with E-state index in [1.807, 2.05) is 30.9 Å². The van der Waals surface area contributed by atoms with Crippen LogP contribution in [0.2, 0.25) is 0 Å². The molecule has 2 aliphatic heterocycles. The van der Waals surface area contributed by atoms with E-state index in [1.54, 1.807) is 7.11 Å². The molecule has 1 aromatic rings. The molecular formula is C16H20N2O2. The fraction of sp³-hybridized carbons (Fsp3) is 0.500. The summed E-state index contributed by atoms with van der Waals surface area (Å²) in [5.41, 5.74) is 2.52. The normalized spacial score (nSPS) is 25.1. The second kappa shape index (κ2) is 4.93. The molecule has 2 heterocycles. The number of nitrogens with zero attached hydrogens (tertiary/aromatic N) is 2. The molecule has 0 fully saturated rings. The number of carbonyl (C=O) groups is 1. The lowest BCUT2D eigenvalue weighted by Crippen LogP contribution is -2.56. The van der Waals surface area contributed by atoms with Gasteiger partial charge in [-0.15, -0.1) is 0 Å². The lowest BCUT2D eigenvalue weighted by atomic mass is 9.90. The lowest BCUT2D eigenvalue weighted by molar-refractivity contribution is -0.137. The highest BCUT2D eigenvalue weighted by Crippen LogP contribution is 2.29. The summed E-state index contributed by atoms with van der Waals surface area (Å²) in [7, 11) is 1.64. The molecule has 0 aliphatic carbocycles. The molecule has 0 unspecified atom stereocenters.